The van der Waals surface area contributed by atoms with Crippen LogP contribution in [-0.2, 0) is 11.6 Å². The maximum atomic E-state index is 13.7. The molecule has 0 aromatic heterocycles. The molecule has 1 aromatic carbocycles. The van der Waals surface area contributed by atoms with Gasteiger partial charge < -0.3 is 0 Å². The SMILES string of the molecule is Cc1c(F)c(C(F)(F)F)c(F)c(F)c1C(C)(C)C. The Morgan fingerprint density at radius 3 is 1.44 bits per heavy atom. The maximum Gasteiger partial charge on any atom is 0.422 e. The molecule has 0 nitrogen and oxygen atoms in total. The van der Waals surface area contributed by atoms with E-state index in [9.17, 15) is 26.3 Å². The van der Waals surface area contributed by atoms with Crippen molar-refractivity contribution in [2.45, 2.75) is 39.3 Å². The van der Waals surface area contributed by atoms with Crippen LogP contribution in [0.3, 0.4) is 0 Å². The zero-order chi connectivity index (χ0) is 14.5. The van der Waals surface area contributed by atoms with Crippen LogP contribution in [0.25, 0.3) is 0 Å². The molecule has 0 spiro atoms. The summed E-state index contributed by atoms with van der Waals surface area (Å²) in [6.07, 6.45) is -5.27. The Kier molecular flexibility index (Phi) is 3.44. The van der Waals surface area contributed by atoms with Gasteiger partial charge >= 0.3 is 6.18 Å². The normalized spacial score (nSPS) is 13.0. The molecule has 0 unspecified atom stereocenters. The average molecular weight is 270 g/mol. The van der Waals surface area contributed by atoms with Gasteiger partial charge in [0.25, 0.3) is 0 Å². The quantitative estimate of drug-likeness (QED) is 0.472. The molecule has 0 N–H and O–H groups in total. The molecule has 0 aliphatic carbocycles. The van der Waals surface area contributed by atoms with Gasteiger partial charge in [-0.25, -0.2) is 13.2 Å². The number of benzene rings is 1. The summed E-state index contributed by atoms with van der Waals surface area (Å²) in [5.74, 6) is -5.59. The van der Waals surface area contributed by atoms with Crippen molar-refractivity contribution >= 4 is 0 Å². The molecule has 0 aliphatic rings. The van der Waals surface area contributed by atoms with E-state index in [1.807, 2.05) is 0 Å². The summed E-state index contributed by atoms with van der Waals surface area (Å²) in [4.78, 5) is 0. The highest BCUT2D eigenvalue weighted by Gasteiger charge is 2.42. The van der Waals surface area contributed by atoms with Gasteiger partial charge in [-0.1, -0.05) is 20.8 Å². The molecule has 0 radical (unpaired) electrons. The summed E-state index contributed by atoms with van der Waals surface area (Å²) in [6.45, 7) is 5.40. The van der Waals surface area contributed by atoms with Crippen LogP contribution in [0.2, 0.25) is 0 Å². The summed E-state index contributed by atoms with van der Waals surface area (Å²) in [5, 5.41) is 0. The lowest BCUT2D eigenvalue weighted by Gasteiger charge is -2.24. The van der Waals surface area contributed by atoms with E-state index in [1.165, 1.54) is 20.8 Å². The molecule has 0 atom stereocenters. The Bertz CT molecular complexity index is 405. The number of hydrogen-bond acceptors (Lipinski definition) is 0. The van der Waals surface area contributed by atoms with Crippen LogP contribution in [0.15, 0.2) is 0 Å². The molecule has 18 heavy (non-hydrogen) atoms. The standard InChI is InChI=1S/C12H12F6/c1-5-6(11(2,3)4)9(14)10(15)7(8(5)13)12(16,17)18/h1-4H3. The van der Waals surface area contributed by atoms with Crippen LogP contribution in [0.1, 0.15) is 37.5 Å². The zero-order valence-corrected chi connectivity index (χ0v) is 10.3. The number of rotatable bonds is 0. The third-order valence-electron chi connectivity index (χ3n) is 2.59. The van der Waals surface area contributed by atoms with E-state index in [-0.39, 0.29) is 5.56 Å². The van der Waals surface area contributed by atoms with Gasteiger partial charge in [0.15, 0.2) is 11.6 Å². The largest absolute Gasteiger partial charge is 0.422 e. The molecule has 6 heteroatoms. The Hall–Kier alpha value is -1.20. The van der Waals surface area contributed by atoms with E-state index >= 15 is 0 Å². The predicted octanol–water partition coefficient (Wildman–Crippen LogP) is 4.73. The van der Waals surface area contributed by atoms with Gasteiger partial charge in [0, 0.05) is 5.56 Å². The zero-order valence-electron chi connectivity index (χ0n) is 10.3. The molecule has 0 fully saturated rings. The fourth-order valence-corrected chi connectivity index (χ4v) is 1.92. The van der Waals surface area contributed by atoms with Crippen LogP contribution in [0, 0.1) is 24.4 Å². The fraction of sp³-hybridized carbons (Fsp3) is 0.500. The molecule has 102 valence electrons. The highest BCUT2D eigenvalue weighted by Crippen LogP contribution is 2.40. The van der Waals surface area contributed by atoms with E-state index in [2.05, 4.69) is 0 Å². The summed E-state index contributed by atoms with van der Waals surface area (Å²) in [6, 6.07) is 0. The highest BCUT2D eigenvalue weighted by atomic mass is 19.4. The highest BCUT2D eigenvalue weighted by molar-refractivity contribution is 5.40. The van der Waals surface area contributed by atoms with Crippen molar-refractivity contribution in [1.82, 2.24) is 0 Å². The molecule has 1 aromatic rings. The number of hydrogen-bond donors (Lipinski definition) is 0. The van der Waals surface area contributed by atoms with Gasteiger partial charge in [0.05, 0.1) is 0 Å². The summed E-state index contributed by atoms with van der Waals surface area (Å²) in [5.41, 5.74) is -4.08. The van der Waals surface area contributed by atoms with E-state index < -0.39 is 40.2 Å². The van der Waals surface area contributed by atoms with Gasteiger partial charge in [-0.3, -0.25) is 0 Å². The summed E-state index contributed by atoms with van der Waals surface area (Å²) < 4.78 is 78.0. The van der Waals surface area contributed by atoms with Crippen molar-refractivity contribution in [3.8, 4) is 0 Å². The molecule has 0 saturated heterocycles. The van der Waals surface area contributed by atoms with Crippen molar-refractivity contribution in [2.24, 2.45) is 0 Å². The molecule has 0 bridgehead atoms. The smallest absolute Gasteiger partial charge is 0.206 e. The number of halogens is 6. The van der Waals surface area contributed by atoms with Gasteiger partial charge in [-0.15, -0.1) is 0 Å². The summed E-state index contributed by atoms with van der Waals surface area (Å²) >= 11 is 0. The Morgan fingerprint density at radius 2 is 1.11 bits per heavy atom. The monoisotopic (exact) mass is 270 g/mol. The predicted molar refractivity (Wildman–Crippen MR) is 54.8 cm³/mol. The molecule has 0 saturated carbocycles. The minimum absolute atomic E-state index is 0.384. The second-order valence-corrected chi connectivity index (χ2v) is 5.06. The van der Waals surface area contributed by atoms with Crippen LogP contribution in [-0.4, -0.2) is 0 Å². The third-order valence-corrected chi connectivity index (χ3v) is 2.59. The lowest BCUT2D eigenvalue weighted by molar-refractivity contribution is -0.142. The second kappa shape index (κ2) is 4.17. The summed E-state index contributed by atoms with van der Waals surface area (Å²) in [7, 11) is 0. The minimum Gasteiger partial charge on any atom is -0.206 e. The molecule has 0 heterocycles. The first-order chi connectivity index (χ1) is 7.89. The topological polar surface area (TPSA) is 0 Å². The van der Waals surface area contributed by atoms with Crippen LogP contribution in [0.5, 0.6) is 0 Å². The lowest BCUT2D eigenvalue weighted by atomic mass is 9.82. The minimum atomic E-state index is -5.27. The van der Waals surface area contributed by atoms with Gasteiger partial charge in [-0.2, -0.15) is 13.2 Å². The Morgan fingerprint density at radius 1 is 0.722 bits per heavy atom. The first-order valence-corrected chi connectivity index (χ1v) is 5.13. The van der Waals surface area contributed by atoms with Crippen LogP contribution < -0.4 is 0 Å². The third kappa shape index (κ3) is 2.33. The molecule has 0 aliphatic heterocycles. The first-order valence-electron chi connectivity index (χ1n) is 5.13. The molecule has 0 amide bonds. The van der Waals surface area contributed by atoms with Gasteiger partial charge in [-0.05, 0) is 17.9 Å². The Balaban J connectivity index is 3.79. The van der Waals surface area contributed by atoms with Crippen molar-refractivity contribution < 1.29 is 26.3 Å². The van der Waals surface area contributed by atoms with Crippen molar-refractivity contribution in [3.05, 3.63) is 34.1 Å². The van der Waals surface area contributed by atoms with E-state index in [4.69, 9.17) is 0 Å². The average Bonchev–Trinajstić information content (AvgIpc) is 2.10. The molecular weight excluding hydrogens is 258 g/mol. The second-order valence-electron chi connectivity index (χ2n) is 5.06. The van der Waals surface area contributed by atoms with E-state index in [0.29, 0.717) is 0 Å². The van der Waals surface area contributed by atoms with Crippen LogP contribution >= 0.6 is 0 Å². The van der Waals surface area contributed by atoms with Crippen LogP contribution in [0.4, 0.5) is 26.3 Å². The first kappa shape index (κ1) is 14.9. The van der Waals surface area contributed by atoms with Crippen molar-refractivity contribution in [1.29, 1.82) is 0 Å². The molecule has 1 rings (SSSR count). The molecular formula is C12H12F6. The van der Waals surface area contributed by atoms with Gasteiger partial charge in [0.1, 0.15) is 11.4 Å². The number of alkyl halides is 3. The Labute approximate surface area is 101 Å². The van der Waals surface area contributed by atoms with Gasteiger partial charge in [0.2, 0.25) is 0 Å². The van der Waals surface area contributed by atoms with E-state index in [1.54, 1.807) is 0 Å². The van der Waals surface area contributed by atoms with Crippen molar-refractivity contribution in [3.63, 3.8) is 0 Å². The maximum absolute atomic E-state index is 13.7. The van der Waals surface area contributed by atoms with Crippen molar-refractivity contribution in [2.75, 3.05) is 0 Å². The van der Waals surface area contributed by atoms with E-state index in [0.717, 1.165) is 6.92 Å². The lowest BCUT2D eigenvalue weighted by Crippen LogP contribution is -2.22. The fourth-order valence-electron chi connectivity index (χ4n) is 1.92.